The fourth-order valence-corrected chi connectivity index (χ4v) is 1.91. The van der Waals surface area contributed by atoms with Gasteiger partial charge >= 0.3 is 0 Å². The molecule has 0 N–H and O–H groups in total. The molecule has 2 fully saturated rings. The lowest BCUT2D eigenvalue weighted by Crippen LogP contribution is -2.25. The minimum Gasteiger partial charge on any atom is -0.369 e. The molecular weight excluding hydrogens is 112 g/mol. The van der Waals surface area contributed by atoms with Gasteiger partial charge in [0.15, 0.2) is 0 Å². The highest BCUT2D eigenvalue weighted by molar-refractivity contribution is 4.98. The Morgan fingerprint density at radius 2 is 2.22 bits per heavy atom. The normalized spacial score (nSPS) is 49.7. The van der Waals surface area contributed by atoms with Gasteiger partial charge in [-0.05, 0) is 18.8 Å². The minimum atomic E-state index is 0.387. The maximum Gasteiger partial charge on any atom is 0.0941 e. The number of epoxide rings is 1. The van der Waals surface area contributed by atoms with Crippen LogP contribution in [0.15, 0.2) is 0 Å². The van der Waals surface area contributed by atoms with Crippen LogP contribution in [-0.4, -0.2) is 12.2 Å². The average Bonchev–Trinajstić information content (AvgIpc) is 2.60. The van der Waals surface area contributed by atoms with E-state index < -0.39 is 0 Å². The van der Waals surface area contributed by atoms with E-state index in [1.54, 1.807) is 0 Å². The van der Waals surface area contributed by atoms with Crippen molar-refractivity contribution in [2.24, 2.45) is 5.92 Å². The first-order valence-electron chi connectivity index (χ1n) is 3.97. The molecule has 9 heavy (non-hydrogen) atoms. The van der Waals surface area contributed by atoms with Crippen molar-refractivity contribution in [2.45, 2.75) is 38.2 Å². The highest BCUT2D eigenvalue weighted by Crippen LogP contribution is 2.45. The summed E-state index contributed by atoms with van der Waals surface area (Å²) >= 11 is 0. The SMILES string of the molecule is C[C@H]1CCCC[C@@]12CO2. The molecule has 0 bridgehead atoms. The Morgan fingerprint density at radius 3 is 2.67 bits per heavy atom. The molecule has 52 valence electrons. The molecule has 0 amide bonds. The molecule has 1 spiro atoms. The smallest absolute Gasteiger partial charge is 0.0941 e. The van der Waals surface area contributed by atoms with E-state index in [1.807, 2.05) is 0 Å². The summed E-state index contributed by atoms with van der Waals surface area (Å²) in [4.78, 5) is 0. The first-order valence-corrected chi connectivity index (χ1v) is 3.97. The Bertz CT molecular complexity index is 116. The maximum absolute atomic E-state index is 5.45. The van der Waals surface area contributed by atoms with E-state index in [0.717, 1.165) is 12.5 Å². The lowest BCUT2D eigenvalue weighted by molar-refractivity contribution is 0.171. The lowest BCUT2D eigenvalue weighted by Gasteiger charge is -2.24. The van der Waals surface area contributed by atoms with Gasteiger partial charge < -0.3 is 4.74 Å². The second kappa shape index (κ2) is 1.72. The minimum absolute atomic E-state index is 0.387. The van der Waals surface area contributed by atoms with Gasteiger partial charge in [-0.2, -0.15) is 0 Å². The molecule has 2 aliphatic rings. The van der Waals surface area contributed by atoms with Crippen LogP contribution < -0.4 is 0 Å². The van der Waals surface area contributed by atoms with Gasteiger partial charge in [0.2, 0.25) is 0 Å². The Kier molecular flexibility index (Phi) is 1.10. The number of ether oxygens (including phenoxy) is 1. The van der Waals surface area contributed by atoms with Gasteiger partial charge in [-0.25, -0.2) is 0 Å². The summed E-state index contributed by atoms with van der Waals surface area (Å²) in [6, 6.07) is 0. The zero-order chi connectivity index (χ0) is 6.32. The molecule has 2 rings (SSSR count). The molecule has 1 nitrogen and oxygen atoms in total. The van der Waals surface area contributed by atoms with E-state index in [-0.39, 0.29) is 0 Å². The predicted octanol–water partition coefficient (Wildman–Crippen LogP) is 1.97. The molecule has 1 saturated carbocycles. The summed E-state index contributed by atoms with van der Waals surface area (Å²) < 4.78 is 5.45. The van der Waals surface area contributed by atoms with Crippen LogP contribution in [0.1, 0.15) is 32.6 Å². The second-order valence-electron chi connectivity index (χ2n) is 3.50. The molecule has 0 aromatic carbocycles. The summed E-state index contributed by atoms with van der Waals surface area (Å²) in [5.41, 5.74) is 0.387. The average molecular weight is 126 g/mol. The van der Waals surface area contributed by atoms with Crippen molar-refractivity contribution in [3.63, 3.8) is 0 Å². The topological polar surface area (TPSA) is 12.5 Å². The second-order valence-corrected chi connectivity index (χ2v) is 3.50. The lowest BCUT2D eigenvalue weighted by atomic mass is 9.81. The van der Waals surface area contributed by atoms with Crippen molar-refractivity contribution in [3.05, 3.63) is 0 Å². The zero-order valence-electron chi connectivity index (χ0n) is 6.02. The Labute approximate surface area is 56.4 Å². The maximum atomic E-state index is 5.45. The van der Waals surface area contributed by atoms with E-state index in [4.69, 9.17) is 4.74 Å². The van der Waals surface area contributed by atoms with Crippen molar-refractivity contribution < 1.29 is 4.74 Å². The van der Waals surface area contributed by atoms with Crippen LogP contribution in [0.2, 0.25) is 0 Å². The van der Waals surface area contributed by atoms with Crippen molar-refractivity contribution >= 4 is 0 Å². The highest BCUT2D eigenvalue weighted by atomic mass is 16.6. The van der Waals surface area contributed by atoms with Gasteiger partial charge in [-0.3, -0.25) is 0 Å². The van der Waals surface area contributed by atoms with Crippen LogP contribution >= 0.6 is 0 Å². The summed E-state index contributed by atoms with van der Waals surface area (Å²) in [6.45, 7) is 3.38. The van der Waals surface area contributed by atoms with Crippen LogP contribution in [0, 0.1) is 5.92 Å². The Balaban J connectivity index is 2.03. The molecule has 1 saturated heterocycles. The summed E-state index contributed by atoms with van der Waals surface area (Å²) in [6.07, 6.45) is 5.53. The molecule has 0 radical (unpaired) electrons. The van der Waals surface area contributed by atoms with Crippen LogP contribution in [0.4, 0.5) is 0 Å². The van der Waals surface area contributed by atoms with E-state index >= 15 is 0 Å². The predicted molar refractivity (Wildman–Crippen MR) is 36.3 cm³/mol. The number of rotatable bonds is 0. The molecule has 2 atom stereocenters. The summed E-state index contributed by atoms with van der Waals surface area (Å²) in [7, 11) is 0. The van der Waals surface area contributed by atoms with E-state index in [2.05, 4.69) is 6.92 Å². The van der Waals surface area contributed by atoms with E-state index in [9.17, 15) is 0 Å². The first-order chi connectivity index (χ1) is 4.33. The van der Waals surface area contributed by atoms with Crippen LogP contribution in [0.5, 0.6) is 0 Å². The van der Waals surface area contributed by atoms with Crippen molar-refractivity contribution in [3.8, 4) is 0 Å². The van der Waals surface area contributed by atoms with Gasteiger partial charge in [0.25, 0.3) is 0 Å². The van der Waals surface area contributed by atoms with Crippen molar-refractivity contribution in [2.75, 3.05) is 6.61 Å². The monoisotopic (exact) mass is 126 g/mol. The molecule has 0 aromatic heterocycles. The molecule has 0 unspecified atom stereocenters. The van der Waals surface area contributed by atoms with E-state index in [1.165, 1.54) is 25.7 Å². The fourth-order valence-electron chi connectivity index (χ4n) is 1.91. The molecule has 0 aromatic rings. The molecule has 1 aliphatic heterocycles. The summed E-state index contributed by atoms with van der Waals surface area (Å²) in [5, 5.41) is 0. The van der Waals surface area contributed by atoms with Crippen molar-refractivity contribution in [1.82, 2.24) is 0 Å². The van der Waals surface area contributed by atoms with Gasteiger partial charge in [0, 0.05) is 0 Å². The van der Waals surface area contributed by atoms with Crippen LogP contribution in [0.3, 0.4) is 0 Å². The molecular formula is C8H14O. The Morgan fingerprint density at radius 1 is 1.44 bits per heavy atom. The summed E-state index contributed by atoms with van der Waals surface area (Å²) in [5.74, 6) is 0.839. The van der Waals surface area contributed by atoms with Gasteiger partial charge in [0.1, 0.15) is 0 Å². The fraction of sp³-hybridized carbons (Fsp3) is 1.00. The third-order valence-electron chi connectivity index (χ3n) is 2.90. The molecule has 1 heterocycles. The van der Waals surface area contributed by atoms with Gasteiger partial charge in [-0.1, -0.05) is 19.8 Å². The van der Waals surface area contributed by atoms with Gasteiger partial charge in [0.05, 0.1) is 12.2 Å². The number of hydrogen-bond acceptors (Lipinski definition) is 1. The third-order valence-corrected chi connectivity index (χ3v) is 2.90. The quantitative estimate of drug-likeness (QED) is 0.452. The Hall–Kier alpha value is -0.0400. The largest absolute Gasteiger partial charge is 0.369 e. The standard InChI is InChI=1S/C8H14O/c1-7-4-2-3-5-8(7)6-9-8/h7H,2-6H2,1H3/t7-,8+/m0/s1. The highest BCUT2D eigenvalue weighted by Gasteiger charge is 2.49. The first kappa shape index (κ1) is 5.72. The number of hydrogen-bond donors (Lipinski definition) is 0. The van der Waals surface area contributed by atoms with Crippen molar-refractivity contribution in [1.29, 1.82) is 0 Å². The zero-order valence-corrected chi connectivity index (χ0v) is 6.02. The molecule has 1 aliphatic carbocycles. The van der Waals surface area contributed by atoms with Gasteiger partial charge in [-0.15, -0.1) is 0 Å². The third kappa shape index (κ3) is 0.787. The molecule has 1 heteroatoms. The van der Waals surface area contributed by atoms with Crippen LogP contribution in [0.25, 0.3) is 0 Å². The van der Waals surface area contributed by atoms with Crippen LogP contribution in [-0.2, 0) is 4.74 Å². The van der Waals surface area contributed by atoms with E-state index in [0.29, 0.717) is 5.60 Å².